The Morgan fingerprint density at radius 3 is 2.85 bits per heavy atom. The maximum absolute atomic E-state index is 13.5. The van der Waals surface area contributed by atoms with Crippen molar-refractivity contribution in [1.82, 2.24) is 4.98 Å². The first-order chi connectivity index (χ1) is 13.1. The van der Waals surface area contributed by atoms with E-state index in [9.17, 15) is 14.3 Å². The molecule has 1 unspecified atom stereocenters. The number of pyridine rings is 1. The van der Waals surface area contributed by atoms with Gasteiger partial charge in [-0.3, -0.25) is 4.98 Å². The molecule has 0 fully saturated rings. The number of rotatable bonds is 4. The third-order valence-electron chi connectivity index (χ3n) is 4.59. The number of benzene rings is 2. The first-order valence-electron chi connectivity index (χ1n) is 8.58. The Kier molecular flexibility index (Phi) is 4.46. The quantitative estimate of drug-likeness (QED) is 0.712. The summed E-state index contributed by atoms with van der Waals surface area (Å²) < 4.78 is 19.3. The van der Waals surface area contributed by atoms with E-state index in [4.69, 9.17) is 4.74 Å². The van der Waals surface area contributed by atoms with Gasteiger partial charge >= 0.3 is 5.97 Å². The Labute approximate surface area is 155 Å². The largest absolute Gasteiger partial charge is 0.493 e. The molecule has 2 heterocycles. The van der Waals surface area contributed by atoms with Crippen molar-refractivity contribution in [2.24, 2.45) is 0 Å². The molecule has 2 N–H and O–H groups in total. The fourth-order valence-electron chi connectivity index (χ4n) is 3.27. The van der Waals surface area contributed by atoms with Crippen LogP contribution in [0, 0.1) is 5.82 Å². The fourth-order valence-corrected chi connectivity index (χ4v) is 3.27. The van der Waals surface area contributed by atoms with Crippen molar-refractivity contribution in [1.29, 1.82) is 0 Å². The highest BCUT2D eigenvalue weighted by Crippen LogP contribution is 2.37. The molecule has 0 bridgehead atoms. The average Bonchev–Trinajstić information content (AvgIpc) is 2.68. The number of hydrogen-bond acceptors (Lipinski definition) is 4. The topological polar surface area (TPSA) is 71.5 Å². The van der Waals surface area contributed by atoms with Crippen molar-refractivity contribution >= 4 is 11.7 Å². The molecule has 0 saturated heterocycles. The van der Waals surface area contributed by atoms with Crippen LogP contribution in [0.15, 0.2) is 60.9 Å². The molecular formula is C21H17FN2O3. The van der Waals surface area contributed by atoms with E-state index in [-0.39, 0.29) is 17.4 Å². The van der Waals surface area contributed by atoms with Gasteiger partial charge in [-0.25, -0.2) is 9.18 Å². The van der Waals surface area contributed by atoms with Crippen LogP contribution in [0.4, 0.5) is 10.1 Å². The molecule has 5 nitrogen and oxygen atoms in total. The molecule has 1 aromatic heterocycles. The second-order valence-electron chi connectivity index (χ2n) is 6.32. The Morgan fingerprint density at radius 2 is 2.04 bits per heavy atom. The Hall–Kier alpha value is -3.41. The minimum Gasteiger partial charge on any atom is -0.493 e. The molecule has 0 spiro atoms. The molecule has 3 aromatic rings. The van der Waals surface area contributed by atoms with Crippen molar-refractivity contribution in [3.63, 3.8) is 0 Å². The number of carboxylic acids is 1. The molecule has 27 heavy (non-hydrogen) atoms. The van der Waals surface area contributed by atoms with Crippen LogP contribution in [0.1, 0.15) is 28.4 Å². The van der Waals surface area contributed by atoms with Crippen LogP contribution >= 0.6 is 0 Å². The van der Waals surface area contributed by atoms with Gasteiger partial charge in [0.2, 0.25) is 0 Å². The summed E-state index contributed by atoms with van der Waals surface area (Å²) in [6, 6.07) is 13.5. The van der Waals surface area contributed by atoms with Crippen molar-refractivity contribution in [2.75, 3.05) is 11.9 Å². The zero-order valence-corrected chi connectivity index (χ0v) is 14.4. The molecule has 0 aliphatic carbocycles. The Bertz CT molecular complexity index is 1010. The van der Waals surface area contributed by atoms with Gasteiger partial charge in [-0.05, 0) is 35.4 Å². The number of halogens is 1. The number of fused-ring (bicyclic) bond motifs is 1. The first-order valence-corrected chi connectivity index (χ1v) is 8.58. The number of hydrogen-bond donors (Lipinski definition) is 2. The molecule has 2 aromatic carbocycles. The summed E-state index contributed by atoms with van der Waals surface area (Å²) in [6.45, 7) is 0.500. The molecule has 1 atom stereocenters. The van der Waals surface area contributed by atoms with Crippen LogP contribution in [-0.4, -0.2) is 22.7 Å². The van der Waals surface area contributed by atoms with Gasteiger partial charge in [-0.1, -0.05) is 24.3 Å². The number of aromatic nitrogens is 1. The van der Waals surface area contributed by atoms with Gasteiger partial charge in [-0.2, -0.15) is 0 Å². The summed E-state index contributed by atoms with van der Waals surface area (Å²) in [5, 5.41) is 12.6. The number of nitrogens with one attached hydrogen (secondary N) is 1. The molecule has 0 saturated carbocycles. The summed E-state index contributed by atoms with van der Waals surface area (Å²) in [6.07, 6.45) is 3.66. The van der Waals surface area contributed by atoms with Gasteiger partial charge in [-0.15, -0.1) is 0 Å². The van der Waals surface area contributed by atoms with Gasteiger partial charge in [0.1, 0.15) is 11.6 Å². The third kappa shape index (κ3) is 3.46. The van der Waals surface area contributed by atoms with Crippen molar-refractivity contribution in [2.45, 2.75) is 12.5 Å². The molecular weight excluding hydrogens is 347 g/mol. The summed E-state index contributed by atoms with van der Waals surface area (Å²) in [4.78, 5) is 15.4. The lowest BCUT2D eigenvalue weighted by molar-refractivity contribution is 0.0697. The predicted octanol–water partition coefficient (Wildman–Crippen LogP) is 4.52. The third-order valence-corrected chi connectivity index (χ3v) is 4.59. The molecule has 6 heteroatoms. The lowest BCUT2D eigenvalue weighted by Crippen LogP contribution is -2.21. The number of carboxylic acid groups (broad SMARTS) is 1. The smallest absolute Gasteiger partial charge is 0.337 e. The minimum absolute atomic E-state index is 0.0994. The van der Waals surface area contributed by atoms with E-state index < -0.39 is 5.97 Å². The molecule has 136 valence electrons. The van der Waals surface area contributed by atoms with E-state index in [1.807, 2.05) is 24.3 Å². The van der Waals surface area contributed by atoms with Crippen LogP contribution in [0.2, 0.25) is 0 Å². The Balaban J connectivity index is 1.66. The zero-order chi connectivity index (χ0) is 18.8. The molecule has 1 aliphatic rings. The molecule has 1 aliphatic heterocycles. The minimum atomic E-state index is -1.01. The van der Waals surface area contributed by atoms with Crippen LogP contribution in [0.25, 0.3) is 11.1 Å². The number of aromatic carboxylic acids is 1. The predicted molar refractivity (Wildman–Crippen MR) is 99.5 cm³/mol. The molecule has 4 rings (SSSR count). The molecule has 0 amide bonds. The van der Waals surface area contributed by atoms with E-state index in [1.165, 1.54) is 30.6 Å². The zero-order valence-electron chi connectivity index (χ0n) is 14.4. The van der Waals surface area contributed by atoms with Crippen LogP contribution < -0.4 is 10.1 Å². The van der Waals surface area contributed by atoms with Gasteiger partial charge in [0.25, 0.3) is 0 Å². The number of nitrogens with zero attached hydrogens (tertiary/aromatic N) is 1. The number of anilines is 1. The maximum atomic E-state index is 13.5. The van der Waals surface area contributed by atoms with Crippen molar-refractivity contribution in [3.05, 3.63) is 77.9 Å². The normalized spacial score (nSPS) is 15.5. The van der Waals surface area contributed by atoms with E-state index in [2.05, 4.69) is 10.3 Å². The highest BCUT2D eigenvalue weighted by molar-refractivity contribution is 5.93. The summed E-state index contributed by atoms with van der Waals surface area (Å²) in [7, 11) is 0. The highest BCUT2D eigenvalue weighted by atomic mass is 19.1. The lowest BCUT2D eigenvalue weighted by Gasteiger charge is -2.28. The van der Waals surface area contributed by atoms with E-state index in [0.29, 0.717) is 24.5 Å². The SMILES string of the molecule is O=C(O)c1ccncc1NC1CCOc2cc(-c3cccc(F)c3)ccc21. The summed E-state index contributed by atoms with van der Waals surface area (Å²) in [5.74, 6) is -0.585. The standard InChI is InChI=1S/C21H17FN2O3/c22-15-3-1-2-13(10-15)14-4-5-16-18(7-9-27-20(16)11-14)24-19-12-23-8-6-17(19)21(25)26/h1-6,8,10-12,18,24H,7,9H2,(H,25,26). The second kappa shape index (κ2) is 7.07. The van der Waals surface area contributed by atoms with E-state index >= 15 is 0 Å². The van der Waals surface area contributed by atoms with Crippen molar-refractivity contribution in [3.8, 4) is 16.9 Å². The average molecular weight is 364 g/mol. The maximum Gasteiger partial charge on any atom is 0.337 e. The summed E-state index contributed by atoms with van der Waals surface area (Å²) >= 11 is 0. The van der Waals surface area contributed by atoms with Gasteiger partial charge in [0.05, 0.1) is 30.1 Å². The van der Waals surface area contributed by atoms with Gasteiger partial charge in [0.15, 0.2) is 0 Å². The molecule has 0 radical (unpaired) electrons. The Morgan fingerprint density at radius 1 is 1.19 bits per heavy atom. The number of ether oxygens (including phenoxy) is 1. The van der Waals surface area contributed by atoms with Crippen molar-refractivity contribution < 1.29 is 19.0 Å². The fraction of sp³-hybridized carbons (Fsp3) is 0.143. The van der Waals surface area contributed by atoms with E-state index in [1.54, 1.807) is 6.07 Å². The van der Waals surface area contributed by atoms with Crippen LogP contribution in [0.5, 0.6) is 5.75 Å². The number of carbonyl (C=O) groups is 1. The second-order valence-corrected chi connectivity index (χ2v) is 6.32. The van der Waals surface area contributed by atoms with Crippen LogP contribution in [0.3, 0.4) is 0 Å². The van der Waals surface area contributed by atoms with Gasteiger partial charge < -0.3 is 15.2 Å². The van der Waals surface area contributed by atoms with Gasteiger partial charge in [0, 0.05) is 18.2 Å². The highest BCUT2D eigenvalue weighted by Gasteiger charge is 2.23. The monoisotopic (exact) mass is 364 g/mol. The lowest BCUT2D eigenvalue weighted by atomic mass is 9.96. The first kappa shape index (κ1) is 17.0. The summed E-state index contributed by atoms with van der Waals surface area (Å²) in [5.41, 5.74) is 3.21. The van der Waals surface area contributed by atoms with Crippen LogP contribution in [-0.2, 0) is 0 Å². The van der Waals surface area contributed by atoms with E-state index in [0.717, 1.165) is 16.7 Å².